The normalized spacial score (nSPS) is 15.5. The van der Waals surface area contributed by atoms with Crippen LogP contribution in [0.15, 0.2) is 96.1 Å². The molecule has 0 amide bonds. The van der Waals surface area contributed by atoms with Crippen LogP contribution in [0.2, 0.25) is 0 Å². The molecule has 0 fully saturated rings. The van der Waals surface area contributed by atoms with Crippen LogP contribution in [0.1, 0.15) is 52.0 Å². The fourth-order valence-corrected chi connectivity index (χ4v) is 6.38. The van der Waals surface area contributed by atoms with Crippen LogP contribution in [-0.4, -0.2) is 26.5 Å². The topological polar surface area (TPSA) is 85.4 Å². The summed E-state index contributed by atoms with van der Waals surface area (Å²) in [5.41, 5.74) is 3.00. The Kier molecular flexibility index (Phi) is 7.74. The number of methoxy groups -OCH3 is 1. The largest absolute Gasteiger partial charge is 0.464 e. The minimum Gasteiger partial charge on any atom is -0.464 e. The van der Waals surface area contributed by atoms with E-state index in [9.17, 15) is 13.2 Å². The first-order valence-corrected chi connectivity index (χ1v) is 14.4. The van der Waals surface area contributed by atoms with Gasteiger partial charge in [0.1, 0.15) is 0 Å². The summed E-state index contributed by atoms with van der Waals surface area (Å²) in [6, 6.07) is 19.4. The zero-order chi connectivity index (χ0) is 28.3. The van der Waals surface area contributed by atoms with Crippen LogP contribution >= 0.6 is 11.6 Å². The summed E-state index contributed by atoms with van der Waals surface area (Å²) < 4.78 is 35.1. The number of anilines is 1. The first-order chi connectivity index (χ1) is 19.3. The third-order valence-electron chi connectivity index (χ3n) is 6.65. The fourth-order valence-electron chi connectivity index (χ4n) is 4.70. The van der Waals surface area contributed by atoms with Gasteiger partial charge in [-0.15, -0.1) is 0 Å². The van der Waals surface area contributed by atoms with Crippen molar-refractivity contribution < 1.29 is 17.9 Å². The van der Waals surface area contributed by atoms with E-state index in [4.69, 9.17) is 16.3 Å². The second-order valence-corrected chi connectivity index (χ2v) is 11.3. The Balaban J connectivity index is 1.54. The van der Waals surface area contributed by atoms with E-state index in [0.29, 0.717) is 44.8 Å². The molecule has 8 heteroatoms. The molecule has 1 atom stereocenters. The minimum atomic E-state index is -3.99. The highest BCUT2D eigenvalue weighted by Crippen LogP contribution is 2.37. The molecule has 200 valence electrons. The Hall–Kier alpha value is -4.38. The van der Waals surface area contributed by atoms with E-state index < -0.39 is 16.0 Å². The van der Waals surface area contributed by atoms with E-state index >= 15 is 0 Å². The Morgan fingerprint density at radius 2 is 1.73 bits per heavy atom. The number of carbonyl (C=O) groups excluding carboxylic acids is 1. The number of carbonyl (C=O) groups is 1. The molecule has 5 rings (SSSR count). The van der Waals surface area contributed by atoms with Gasteiger partial charge in [0.05, 0.1) is 23.3 Å². The standard InChI is InChI=1S/C32H25ClN2O4S/c1-21-10-3-7-15-27(33)26-14-9-17-29(30(21)26)40(37,38)35-28-16-8-4-11-22(28)18-19-23-20-34-31(32(36)39-2)25-13-6-5-12-24(23)25/h3-9,11-17,20-21,35H,10H2,1-2H3/b7-3+,27-15?. The summed E-state index contributed by atoms with van der Waals surface area (Å²) in [7, 11) is -2.68. The van der Waals surface area contributed by atoms with Crippen molar-refractivity contribution in [3.8, 4) is 11.8 Å². The average molecular weight is 569 g/mol. The van der Waals surface area contributed by atoms with Crippen molar-refractivity contribution in [1.82, 2.24) is 4.98 Å². The molecule has 0 spiro atoms. The van der Waals surface area contributed by atoms with Gasteiger partial charge in [0.2, 0.25) is 0 Å². The summed E-state index contributed by atoms with van der Waals surface area (Å²) in [5, 5.41) is 1.84. The lowest BCUT2D eigenvalue weighted by atomic mass is 9.91. The molecule has 3 aromatic carbocycles. The van der Waals surface area contributed by atoms with Crippen LogP contribution in [0.3, 0.4) is 0 Å². The van der Waals surface area contributed by atoms with E-state index in [1.807, 2.05) is 43.3 Å². The van der Waals surface area contributed by atoms with E-state index in [1.54, 1.807) is 48.5 Å². The van der Waals surface area contributed by atoms with Crippen molar-refractivity contribution in [2.45, 2.75) is 24.2 Å². The number of pyridine rings is 1. The van der Waals surface area contributed by atoms with Gasteiger partial charge in [0.15, 0.2) is 5.69 Å². The number of para-hydroxylation sites is 1. The number of ether oxygens (including phenoxy) is 1. The molecule has 0 radical (unpaired) electrons. The monoisotopic (exact) mass is 568 g/mol. The molecule has 0 saturated carbocycles. The quantitative estimate of drug-likeness (QED) is 0.215. The summed E-state index contributed by atoms with van der Waals surface area (Å²) in [4.78, 5) is 16.6. The Bertz CT molecular complexity index is 1870. The maximum atomic E-state index is 13.8. The van der Waals surface area contributed by atoms with Crippen molar-refractivity contribution in [1.29, 1.82) is 0 Å². The van der Waals surface area contributed by atoms with Gasteiger partial charge in [-0.3, -0.25) is 4.72 Å². The number of aromatic nitrogens is 1. The van der Waals surface area contributed by atoms with Crippen LogP contribution in [0.5, 0.6) is 0 Å². The van der Waals surface area contributed by atoms with Gasteiger partial charge >= 0.3 is 5.97 Å². The maximum absolute atomic E-state index is 13.8. The number of esters is 1. The summed E-state index contributed by atoms with van der Waals surface area (Å²) in [6.07, 6.45) is 7.84. The fraction of sp³-hybridized carbons (Fsp3) is 0.125. The molecule has 0 aliphatic heterocycles. The first kappa shape index (κ1) is 27.2. The van der Waals surface area contributed by atoms with Crippen molar-refractivity contribution in [2.75, 3.05) is 11.8 Å². The minimum absolute atomic E-state index is 0.0646. The number of sulfonamides is 1. The summed E-state index contributed by atoms with van der Waals surface area (Å²) in [6.45, 7) is 1.99. The molecule has 0 bridgehead atoms. The van der Waals surface area contributed by atoms with Gasteiger partial charge < -0.3 is 4.74 Å². The van der Waals surface area contributed by atoms with Crippen molar-refractivity contribution in [3.05, 3.63) is 119 Å². The lowest BCUT2D eigenvalue weighted by Gasteiger charge is -2.21. The third-order valence-corrected chi connectivity index (χ3v) is 8.40. The van der Waals surface area contributed by atoms with Gasteiger partial charge in [-0.25, -0.2) is 18.2 Å². The molecular weight excluding hydrogens is 544 g/mol. The predicted molar refractivity (Wildman–Crippen MR) is 159 cm³/mol. The molecule has 1 aliphatic carbocycles. The van der Waals surface area contributed by atoms with Crippen LogP contribution in [-0.2, 0) is 14.8 Å². The van der Waals surface area contributed by atoms with Gasteiger partial charge in [0, 0.05) is 27.6 Å². The Morgan fingerprint density at radius 1 is 1.00 bits per heavy atom. The molecule has 1 unspecified atom stereocenters. The van der Waals surface area contributed by atoms with Crippen LogP contribution in [0.25, 0.3) is 15.8 Å². The van der Waals surface area contributed by atoms with Crippen molar-refractivity contribution in [2.24, 2.45) is 0 Å². The van der Waals surface area contributed by atoms with Crippen LogP contribution < -0.4 is 4.72 Å². The lowest BCUT2D eigenvalue weighted by molar-refractivity contribution is 0.0596. The van der Waals surface area contributed by atoms with Crippen LogP contribution in [0, 0.1) is 11.8 Å². The highest BCUT2D eigenvalue weighted by atomic mass is 35.5. The van der Waals surface area contributed by atoms with E-state index in [1.165, 1.54) is 13.3 Å². The second kappa shape index (κ2) is 11.4. The molecule has 1 N–H and O–H groups in total. The molecule has 1 heterocycles. The second-order valence-electron chi connectivity index (χ2n) is 9.26. The van der Waals surface area contributed by atoms with Crippen molar-refractivity contribution >= 4 is 49.1 Å². The Morgan fingerprint density at radius 3 is 2.52 bits per heavy atom. The summed E-state index contributed by atoms with van der Waals surface area (Å²) >= 11 is 6.52. The number of benzene rings is 3. The van der Waals surface area contributed by atoms with Crippen LogP contribution in [0.4, 0.5) is 5.69 Å². The number of allylic oxidation sites excluding steroid dienone is 3. The smallest absolute Gasteiger partial charge is 0.357 e. The highest BCUT2D eigenvalue weighted by Gasteiger charge is 2.26. The van der Waals surface area contributed by atoms with Gasteiger partial charge in [-0.05, 0) is 47.7 Å². The van der Waals surface area contributed by atoms with E-state index in [-0.39, 0.29) is 16.5 Å². The van der Waals surface area contributed by atoms with E-state index in [2.05, 4.69) is 21.5 Å². The van der Waals surface area contributed by atoms with Gasteiger partial charge in [-0.1, -0.05) is 91.0 Å². The SMILES string of the molecule is COC(=O)c1ncc(C#Cc2ccccc2NS(=O)(=O)c2cccc3c2C(C)C/C=C/C=C3Cl)c2ccccc12. The molecule has 0 saturated heterocycles. The number of fused-ring (bicyclic) bond motifs is 2. The average Bonchev–Trinajstić information content (AvgIpc) is 2.96. The molecule has 40 heavy (non-hydrogen) atoms. The molecular formula is C32H25ClN2O4S. The zero-order valence-electron chi connectivity index (χ0n) is 21.8. The van der Waals surface area contributed by atoms with Crippen molar-refractivity contribution in [3.63, 3.8) is 0 Å². The molecule has 1 aliphatic rings. The molecule has 6 nitrogen and oxygen atoms in total. The third kappa shape index (κ3) is 5.37. The number of hydrogen-bond acceptors (Lipinski definition) is 5. The predicted octanol–water partition coefficient (Wildman–Crippen LogP) is 6.87. The number of halogens is 1. The number of nitrogens with one attached hydrogen (secondary N) is 1. The van der Waals surface area contributed by atoms with E-state index in [0.717, 1.165) is 5.39 Å². The lowest BCUT2D eigenvalue weighted by Crippen LogP contribution is -2.17. The Labute approximate surface area is 238 Å². The zero-order valence-corrected chi connectivity index (χ0v) is 23.4. The number of rotatable bonds is 4. The molecule has 4 aromatic rings. The highest BCUT2D eigenvalue weighted by molar-refractivity contribution is 7.92. The van der Waals surface area contributed by atoms with Gasteiger partial charge in [-0.2, -0.15) is 0 Å². The summed E-state index contributed by atoms with van der Waals surface area (Å²) in [5.74, 6) is 5.58. The first-order valence-electron chi connectivity index (χ1n) is 12.6. The maximum Gasteiger partial charge on any atom is 0.357 e. The molecule has 1 aromatic heterocycles. The van der Waals surface area contributed by atoms with Gasteiger partial charge in [0.25, 0.3) is 10.0 Å². The number of hydrogen-bond donors (Lipinski definition) is 1. The number of nitrogens with zero attached hydrogens (tertiary/aromatic N) is 1.